The number of nitrogens with one attached hydrogen (secondary N) is 1. The summed E-state index contributed by atoms with van der Waals surface area (Å²) in [5.74, 6) is 2.82. The van der Waals surface area contributed by atoms with Crippen molar-refractivity contribution in [2.75, 3.05) is 39.3 Å². The highest BCUT2D eigenvalue weighted by atomic mass is 16.5. The molecule has 1 N–H and O–H groups in total. The molecule has 3 heterocycles. The zero-order valence-electron chi connectivity index (χ0n) is 19.5. The van der Waals surface area contributed by atoms with Crippen LogP contribution in [0.5, 0.6) is 5.75 Å². The second-order valence-corrected chi connectivity index (χ2v) is 10.4. The van der Waals surface area contributed by atoms with E-state index in [1.165, 1.54) is 24.8 Å². The van der Waals surface area contributed by atoms with Crippen molar-refractivity contribution in [3.05, 3.63) is 29.3 Å². The number of carbonyl (C=O) groups is 2. The molecule has 2 amide bonds. The molecule has 0 spiro atoms. The Morgan fingerprint density at radius 3 is 2.67 bits per heavy atom. The Kier molecular flexibility index (Phi) is 6.29. The van der Waals surface area contributed by atoms with Crippen LogP contribution in [0.25, 0.3) is 0 Å². The molecule has 7 heteroatoms. The summed E-state index contributed by atoms with van der Waals surface area (Å²) in [6.45, 7) is 6.72. The maximum Gasteiger partial charge on any atom is 0.226 e. The molecule has 0 radical (unpaired) electrons. The van der Waals surface area contributed by atoms with Crippen LogP contribution >= 0.6 is 0 Å². The van der Waals surface area contributed by atoms with Gasteiger partial charge in [-0.15, -0.1) is 0 Å². The SMILES string of the molecule is CC(=O)N1CC(C(=O)NC2CCC(CCN3C[C@H]4COc5ccc(C#N)cc5[C@@H]4C3)CC2)C1. The molecule has 1 aromatic carbocycles. The molecule has 0 aromatic heterocycles. The highest BCUT2D eigenvalue weighted by Gasteiger charge is 2.39. The van der Waals surface area contributed by atoms with E-state index < -0.39 is 0 Å². The zero-order chi connectivity index (χ0) is 22.9. The first kappa shape index (κ1) is 22.2. The van der Waals surface area contributed by atoms with Gasteiger partial charge in [0.05, 0.1) is 24.2 Å². The van der Waals surface area contributed by atoms with Gasteiger partial charge in [-0.25, -0.2) is 0 Å². The van der Waals surface area contributed by atoms with Gasteiger partial charge in [-0.2, -0.15) is 5.26 Å². The number of carbonyl (C=O) groups excluding carboxylic acids is 2. The Balaban J connectivity index is 1.04. The molecule has 0 bridgehead atoms. The fourth-order valence-electron chi connectivity index (χ4n) is 6.08. The third-order valence-corrected chi connectivity index (χ3v) is 8.25. The van der Waals surface area contributed by atoms with Crippen LogP contribution in [0, 0.1) is 29.1 Å². The number of hydrogen-bond acceptors (Lipinski definition) is 5. The third-order valence-electron chi connectivity index (χ3n) is 8.25. The summed E-state index contributed by atoms with van der Waals surface area (Å²) in [7, 11) is 0. The summed E-state index contributed by atoms with van der Waals surface area (Å²) < 4.78 is 5.98. The minimum atomic E-state index is -0.0244. The number of rotatable bonds is 5. The highest BCUT2D eigenvalue weighted by Crippen LogP contribution is 2.42. The van der Waals surface area contributed by atoms with Crippen molar-refractivity contribution < 1.29 is 14.3 Å². The Labute approximate surface area is 196 Å². The van der Waals surface area contributed by atoms with Crippen molar-refractivity contribution in [2.24, 2.45) is 17.8 Å². The lowest BCUT2D eigenvalue weighted by Gasteiger charge is -2.39. The van der Waals surface area contributed by atoms with Crippen LogP contribution in [0.4, 0.5) is 0 Å². The van der Waals surface area contributed by atoms with E-state index >= 15 is 0 Å². The number of nitriles is 1. The van der Waals surface area contributed by atoms with E-state index in [-0.39, 0.29) is 23.8 Å². The van der Waals surface area contributed by atoms with Gasteiger partial charge in [0.15, 0.2) is 0 Å². The lowest BCUT2D eigenvalue weighted by Crippen LogP contribution is -2.56. The maximum absolute atomic E-state index is 12.4. The van der Waals surface area contributed by atoms with E-state index in [2.05, 4.69) is 16.3 Å². The zero-order valence-corrected chi connectivity index (χ0v) is 19.5. The third kappa shape index (κ3) is 4.72. The standard InChI is InChI=1S/C26H34N4O3/c1-17(31)30-13-20(14-30)26(32)28-22-5-2-18(3-6-22)8-9-29-12-21-16-33-25-7-4-19(11-27)10-23(25)24(21)15-29/h4,7,10,18,20-22,24H,2-3,5-6,8-9,12-16H2,1H3,(H,28,32)/t18?,21-,22?,24+/m0/s1. The van der Waals surface area contributed by atoms with Gasteiger partial charge in [-0.1, -0.05) is 0 Å². The molecular weight excluding hydrogens is 416 g/mol. The van der Waals surface area contributed by atoms with E-state index in [1.54, 1.807) is 11.8 Å². The maximum atomic E-state index is 12.4. The smallest absolute Gasteiger partial charge is 0.226 e. The van der Waals surface area contributed by atoms with Gasteiger partial charge in [0.25, 0.3) is 0 Å². The normalized spacial score (nSPS) is 29.3. The molecule has 1 aromatic rings. The molecule has 176 valence electrons. The van der Waals surface area contributed by atoms with Gasteiger partial charge in [-0.05, 0) is 62.8 Å². The quantitative estimate of drug-likeness (QED) is 0.745. The molecule has 5 rings (SSSR count). The van der Waals surface area contributed by atoms with E-state index in [0.717, 1.165) is 50.8 Å². The molecule has 33 heavy (non-hydrogen) atoms. The van der Waals surface area contributed by atoms with Crippen molar-refractivity contribution >= 4 is 11.8 Å². The molecule has 2 atom stereocenters. The molecule has 1 saturated carbocycles. The average Bonchev–Trinajstić information content (AvgIpc) is 3.20. The number of benzene rings is 1. The van der Waals surface area contributed by atoms with Crippen LogP contribution < -0.4 is 10.1 Å². The Bertz CT molecular complexity index is 943. The molecule has 3 fully saturated rings. The van der Waals surface area contributed by atoms with Crippen LogP contribution in [-0.4, -0.2) is 67.0 Å². The summed E-state index contributed by atoms with van der Waals surface area (Å²) in [5.41, 5.74) is 1.93. The van der Waals surface area contributed by atoms with E-state index in [9.17, 15) is 14.9 Å². The minimum absolute atomic E-state index is 0.0244. The summed E-state index contributed by atoms with van der Waals surface area (Å²) in [5, 5.41) is 12.5. The molecule has 3 aliphatic heterocycles. The van der Waals surface area contributed by atoms with Crippen LogP contribution in [0.3, 0.4) is 0 Å². The van der Waals surface area contributed by atoms with Crippen LogP contribution in [0.1, 0.15) is 56.1 Å². The number of amides is 2. The summed E-state index contributed by atoms with van der Waals surface area (Å²) in [6, 6.07) is 8.37. The van der Waals surface area contributed by atoms with E-state index in [4.69, 9.17) is 4.74 Å². The fourth-order valence-corrected chi connectivity index (χ4v) is 6.08. The van der Waals surface area contributed by atoms with Gasteiger partial charge >= 0.3 is 0 Å². The van der Waals surface area contributed by atoms with E-state index in [0.29, 0.717) is 30.5 Å². The number of hydrogen-bond donors (Lipinski definition) is 1. The average molecular weight is 451 g/mol. The van der Waals surface area contributed by atoms with Crippen LogP contribution in [0.15, 0.2) is 18.2 Å². The topological polar surface area (TPSA) is 85.7 Å². The second kappa shape index (κ2) is 9.34. The predicted molar refractivity (Wildman–Crippen MR) is 124 cm³/mol. The van der Waals surface area contributed by atoms with Gasteiger partial charge in [-0.3, -0.25) is 9.59 Å². The van der Waals surface area contributed by atoms with E-state index in [1.807, 2.05) is 18.2 Å². The van der Waals surface area contributed by atoms with Crippen molar-refractivity contribution in [1.82, 2.24) is 15.1 Å². The highest BCUT2D eigenvalue weighted by molar-refractivity contribution is 5.83. The molecular formula is C26H34N4O3. The lowest BCUT2D eigenvalue weighted by atomic mass is 9.83. The first-order chi connectivity index (χ1) is 16.0. The van der Waals surface area contributed by atoms with Crippen LogP contribution in [-0.2, 0) is 9.59 Å². The lowest BCUT2D eigenvalue weighted by molar-refractivity contribution is -0.141. The summed E-state index contributed by atoms with van der Waals surface area (Å²) in [6.07, 6.45) is 5.68. The summed E-state index contributed by atoms with van der Waals surface area (Å²) in [4.78, 5) is 28.0. The number of ether oxygens (including phenoxy) is 1. The minimum Gasteiger partial charge on any atom is -0.493 e. The predicted octanol–water partition coefficient (Wildman–Crippen LogP) is 2.51. The first-order valence-electron chi connectivity index (χ1n) is 12.4. The molecule has 2 saturated heterocycles. The van der Waals surface area contributed by atoms with Gasteiger partial charge in [0.1, 0.15) is 5.75 Å². The Morgan fingerprint density at radius 2 is 1.94 bits per heavy atom. The fraction of sp³-hybridized carbons (Fsp3) is 0.654. The molecule has 0 unspecified atom stereocenters. The first-order valence-corrected chi connectivity index (χ1v) is 12.4. The van der Waals surface area contributed by atoms with Crippen molar-refractivity contribution in [3.8, 4) is 11.8 Å². The Hall–Kier alpha value is -2.59. The summed E-state index contributed by atoms with van der Waals surface area (Å²) >= 11 is 0. The monoisotopic (exact) mass is 450 g/mol. The van der Waals surface area contributed by atoms with Gasteiger partial charge in [0, 0.05) is 56.5 Å². The van der Waals surface area contributed by atoms with Crippen molar-refractivity contribution in [2.45, 2.75) is 51.0 Å². The number of fused-ring (bicyclic) bond motifs is 3. The van der Waals surface area contributed by atoms with Crippen molar-refractivity contribution in [3.63, 3.8) is 0 Å². The van der Waals surface area contributed by atoms with Crippen molar-refractivity contribution in [1.29, 1.82) is 5.26 Å². The van der Waals surface area contributed by atoms with Crippen LogP contribution in [0.2, 0.25) is 0 Å². The second-order valence-electron chi connectivity index (χ2n) is 10.4. The number of likely N-dealkylation sites (tertiary alicyclic amines) is 2. The molecule has 7 nitrogen and oxygen atoms in total. The molecule has 4 aliphatic rings. The number of nitrogens with zero attached hydrogens (tertiary/aromatic N) is 3. The Morgan fingerprint density at radius 1 is 1.15 bits per heavy atom. The van der Waals surface area contributed by atoms with Gasteiger partial charge < -0.3 is 19.9 Å². The largest absolute Gasteiger partial charge is 0.493 e. The molecule has 1 aliphatic carbocycles. The van der Waals surface area contributed by atoms with Gasteiger partial charge in [0.2, 0.25) is 11.8 Å².